The van der Waals surface area contributed by atoms with E-state index in [2.05, 4.69) is 0 Å². The van der Waals surface area contributed by atoms with Crippen LogP contribution in [0.2, 0.25) is 0 Å². The molecule has 0 amide bonds. The van der Waals surface area contributed by atoms with Crippen LogP contribution in [0.1, 0.15) is 16.7 Å². The van der Waals surface area contributed by atoms with Gasteiger partial charge in [0.15, 0.2) is 0 Å². The zero-order valence-electron chi connectivity index (χ0n) is 15.5. The summed E-state index contributed by atoms with van der Waals surface area (Å²) in [5, 5.41) is 0. The van der Waals surface area contributed by atoms with Crippen molar-refractivity contribution in [1.29, 1.82) is 0 Å². The Morgan fingerprint density at radius 2 is 0.741 bits per heavy atom. The third-order valence-electron chi connectivity index (χ3n) is 3.71. The summed E-state index contributed by atoms with van der Waals surface area (Å²) >= 11 is 0. The molecule has 0 aromatic heterocycles. The van der Waals surface area contributed by atoms with Gasteiger partial charge in [-0.3, -0.25) is 0 Å². The number of hydrogen-bond acceptors (Lipinski definition) is 4. The van der Waals surface area contributed by atoms with Crippen LogP contribution >= 0.6 is 7.82 Å². The first kappa shape index (κ1) is 21.1. The van der Waals surface area contributed by atoms with Crippen LogP contribution < -0.4 is 13.6 Å². The molecule has 0 spiro atoms. The topological polar surface area (TPSA) is 44.8 Å². The molecule has 0 bridgehead atoms. The molecular weight excluding hydrogens is 426 g/mol. The number of benzene rings is 3. The molecule has 3 rings (SSSR count). The van der Waals surface area contributed by atoms with Crippen molar-refractivity contribution in [1.82, 2.24) is 0 Å². The van der Waals surface area contributed by atoms with Crippen LogP contribution in [-0.4, -0.2) is 17.1 Å². The van der Waals surface area contributed by atoms with Crippen LogP contribution in [0.4, 0.5) is 0 Å². The first-order valence-corrected chi connectivity index (χ1v) is 9.77. The summed E-state index contributed by atoms with van der Waals surface area (Å²) in [6.45, 7) is 5.90. The summed E-state index contributed by atoms with van der Waals surface area (Å²) < 4.78 is 30.2. The Morgan fingerprint density at radius 3 is 0.963 bits per heavy atom. The van der Waals surface area contributed by atoms with Crippen molar-refractivity contribution < 1.29 is 18.1 Å². The Hall–Kier alpha value is -2.19. The standard InChI is InChI=1S/C21H21O4P.H2Se/c1-16-4-10-19(11-5-16)23-26(22,24-20-12-6-17(2)7-13-20)25-21-14-8-18(3)9-15-21;/h4-15H,1-3H3;1H2. The molecule has 0 N–H and O–H groups in total. The second-order valence-electron chi connectivity index (χ2n) is 6.16. The van der Waals surface area contributed by atoms with Gasteiger partial charge in [0, 0.05) is 0 Å². The molecule has 3 aromatic rings. The van der Waals surface area contributed by atoms with Crippen LogP contribution in [0.5, 0.6) is 17.2 Å². The summed E-state index contributed by atoms with van der Waals surface area (Å²) in [4.78, 5) is 0. The van der Waals surface area contributed by atoms with Gasteiger partial charge in [0.1, 0.15) is 17.2 Å². The molecule has 0 aliphatic heterocycles. The predicted octanol–water partition coefficient (Wildman–Crippen LogP) is 5.34. The molecule has 0 aliphatic carbocycles. The van der Waals surface area contributed by atoms with Gasteiger partial charge >= 0.3 is 24.9 Å². The van der Waals surface area contributed by atoms with Gasteiger partial charge in [0.05, 0.1) is 0 Å². The number of phosphoric ester groups is 1. The van der Waals surface area contributed by atoms with Crippen molar-refractivity contribution in [3.63, 3.8) is 0 Å². The van der Waals surface area contributed by atoms with E-state index in [0.29, 0.717) is 17.2 Å². The normalized spacial score (nSPS) is 10.6. The first-order valence-electron chi connectivity index (χ1n) is 8.31. The van der Waals surface area contributed by atoms with Crippen LogP contribution in [-0.2, 0) is 4.57 Å². The molecule has 0 atom stereocenters. The van der Waals surface area contributed by atoms with Gasteiger partial charge < -0.3 is 13.6 Å². The van der Waals surface area contributed by atoms with E-state index in [1.807, 2.05) is 57.2 Å². The van der Waals surface area contributed by atoms with Crippen molar-refractivity contribution >= 4 is 24.9 Å². The summed E-state index contributed by atoms with van der Waals surface area (Å²) in [6, 6.07) is 21.6. The Morgan fingerprint density at radius 1 is 0.519 bits per heavy atom. The average molecular weight is 449 g/mol. The van der Waals surface area contributed by atoms with Gasteiger partial charge in [-0.25, -0.2) is 0 Å². The van der Waals surface area contributed by atoms with Gasteiger partial charge in [-0.2, -0.15) is 4.57 Å². The minimum absolute atomic E-state index is 0. The average Bonchev–Trinajstić information content (AvgIpc) is 2.61. The minimum atomic E-state index is -3.93. The Balaban J connectivity index is 0.00000261. The Kier molecular flexibility index (Phi) is 7.15. The summed E-state index contributed by atoms with van der Waals surface area (Å²) in [5.41, 5.74) is 3.23. The molecule has 0 aliphatic rings. The fourth-order valence-electron chi connectivity index (χ4n) is 2.24. The fourth-order valence-corrected chi connectivity index (χ4v) is 3.49. The van der Waals surface area contributed by atoms with Gasteiger partial charge in [-0.1, -0.05) is 53.1 Å². The van der Waals surface area contributed by atoms with Crippen molar-refractivity contribution in [2.24, 2.45) is 0 Å². The van der Waals surface area contributed by atoms with E-state index in [0.717, 1.165) is 16.7 Å². The zero-order chi connectivity index (χ0) is 18.6. The molecule has 6 heteroatoms. The van der Waals surface area contributed by atoms with Crippen molar-refractivity contribution in [3.05, 3.63) is 89.5 Å². The van der Waals surface area contributed by atoms with E-state index >= 15 is 0 Å². The molecule has 142 valence electrons. The van der Waals surface area contributed by atoms with Gasteiger partial charge in [0.25, 0.3) is 0 Å². The Labute approximate surface area is 170 Å². The number of phosphoric acid groups is 1. The maximum atomic E-state index is 13.3. The molecule has 0 unspecified atom stereocenters. The van der Waals surface area contributed by atoms with Crippen molar-refractivity contribution in [2.45, 2.75) is 20.8 Å². The van der Waals surface area contributed by atoms with E-state index in [-0.39, 0.29) is 17.1 Å². The molecule has 3 aromatic carbocycles. The van der Waals surface area contributed by atoms with Crippen LogP contribution in [0.3, 0.4) is 0 Å². The molecule has 27 heavy (non-hydrogen) atoms. The molecule has 0 fully saturated rings. The second kappa shape index (κ2) is 9.14. The van der Waals surface area contributed by atoms with E-state index in [1.54, 1.807) is 36.4 Å². The molecule has 4 nitrogen and oxygen atoms in total. The summed E-state index contributed by atoms with van der Waals surface area (Å²) in [6.07, 6.45) is 0. The van der Waals surface area contributed by atoms with E-state index in [1.165, 1.54) is 0 Å². The van der Waals surface area contributed by atoms with Crippen LogP contribution in [0, 0.1) is 20.8 Å². The number of rotatable bonds is 6. The third-order valence-corrected chi connectivity index (χ3v) is 5.02. The van der Waals surface area contributed by atoms with E-state index in [4.69, 9.17) is 13.6 Å². The molecule has 0 heterocycles. The van der Waals surface area contributed by atoms with Gasteiger partial charge in [-0.15, -0.1) is 0 Å². The zero-order valence-corrected chi connectivity index (χ0v) is 18.5. The SMILES string of the molecule is Cc1ccc(OP(=O)(Oc2ccc(C)cc2)Oc2ccc(C)cc2)cc1.[SeH2]. The number of aryl methyl sites for hydroxylation is 3. The summed E-state index contributed by atoms with van der Waals surface area (Å²) in [5.74, 6) is 1.24. The van der Waals surface area contributed by atoms with Crippen molar-refractivity contribution in [2.75, 3.05) is 0 Å². The molecule has 0 saturated carbocycles. The molecule has 0 radical (unpaired) electrons. The first-order chi connectivity index (χ1) is 12.4. The van der Waals surface area contributed by atoms with E-state index in [9.17, 15) is 4.57 Å². The molecule has 0 saturated heterocycles. The summed E-state index contributed by atoms with van der Waals surface area (Å²) in [7, 11) is -3.93. The van der Waals surface area contributed by atoms with Crippen molar-refractivity contribution in [3.8, 4) is 17.2 Å². The van der Waals surface area contributed by atoms with Gasteiger partial charge in [0.2, 0.25) is 0 Å². The Bertz CT molecular complexity index is 784. The number of hydrogen-bond donors (Lipinski definition) is 0. The van der Waals surface area contributed by atoms with Crippen LogP contribution in [0.15, 0.2) is 72.8 Å². The molecular formula is C21H23O4PSe. The fraction of sp³-hybridized carbons (Fsp3) is 0.143. The van der Waals surface area contributed by atoms with Crippen LogP contribution in [0.25, 0.3) is 0 Å². The monoisotopic (exact) mass is 450 g/mol. The second-order valence-corrected chi connectivity index (χ2v) is 7.60. The van der Waals surface area contributed by atoms with Gasteiger partial charge in [-0.05, 0) is 57.2 Å². The third kappa shape index (κ3) is 6.18. The quantitative estimate of drug-likeness (QED) is 0.377. The maximum absolute atomic E-state index is 13.3. The predicted molar refractivity (Wildman–Crippen MR) is 112 cm³/mol. The van der Waals surface area contributed by atoms with E-state index < -0.39 is 7.82 Å².